The van der Waals surface area contributed by atoms with Crippen LogP contribution in [0.1, 0.15) is 27.2 Å². The Hall–Kier alpha value is -3.01. The predicted octanol–water partition coefficient (Wildman–Crippen LogP) is 3.31. The number of sulfonamides is 1. The van der Waals surface area contributed by atoms with Crippen LogP contribution in [0.5, 0.6) is 0 Å². The van der Waals surface area contributed by atoms with Gasteiger partial charge < -0.3 is 9.73 Å². The number of pyridine rings is 1. The normalized spacial score (nSPS) is 13.1. The Labute approximate surface area is 178 Å². The highest BCUT2D eigenvalue weighted by molar-refractivity contribution is 7.88. The van der Waals surface area contributed by atoms with Gasteiger partial charge in [0.15, 0.2) is 11.6 Å². The van der Waals surface area contributed by atoms with E-state index >= 15 is 0 Å². The lowest BCUT2D eigenvalue weighted by Gasteiger charge is -2.08. The first-order chi connectivity index (χ1) is 14.3. The van der Waals surface area contributed by atoms with Crippen LogP contribution in [0.4, 0.5) is 11.5 Å². The van der Waals surface area contributed by atoms with Crippen molar-refractivity contribution < 1.29 is 17.6 Å². The van der Waals surface area contributed by atoms with Gasteiger partial charge in [0, 0.05) is 34.5 Å². The summed E-state index contributed by atoms with van der Waals surface area (Å²) in [6.07, 6.45) is 3.38. The van der Waals surface area contributed by atoms with Crippen LogP contribution in [0, 0.1) is 0 Å². The van der Waals surface area contributed by atoms with Crippen LogP contribution in [0.3, 0.4) is 0 Å². The van der Waals surface area contributed by atoms with Crippen molar-refractivity contribution in [2.75, 3.05) is 12.4 Å². The van der Waals surface area contributed by atoms with Crippen molar-refractivity contribution in [1.29, 1.82) is 0 Å². The topological polar surface area (TPSA) is 114 Å². The fourth-order valence-corrected chi connectivity index (χ4v) is 4.05. The zero-order chi connectivity index (χ0) is 21.3. The van der Waals surface area contributed by atoms with Crippen LogP contribution in [0.15, 0.2) is 58.3 Å². The summed E-state index contributed by atoms with van der Waals surface area (Å²) in [5, 5.41) is 3.24. The SMILES string of the molecule is CNS(=O)(=O)Cc1cnc2c(c1)CC(c1cc(NC(=O)c3ccco3)ccc1Cl)=N2. The lowest BCUT2D eigenvalue weighted by Crippen LogP contribution is -2.20. The summed E-state index contributed by atoms with van der Waals surface area (Å²) in [5.41, 5.74) is 3.28. The van der Waals surface area contributed by atoms with Gasteiger partial charge in [-0.1, -0.05) is 11.6 Å². The molecular formula is C20H17ClN4O4S. The quantitative estimate of drug-likeness (QED) is 0.605. The second-order valence-corrected chi connectivity index (χ2v) is 8.98. The molecule has 0 atom stereocenters. The molecule has 2 N–H and O–H groups in total. The van der Waals surface area contributed by atoms with Gasteiger partial charge in [-0.25, -0.2) is 23.1 Å². The summed E-state index contributed by atoms with van der Waals surface area (Å²) in [5.74, 6) is 0.192. The maximum absolute atomic E-state index is 12.2. The van der Waals surface area contributed by atoms with Gasteiger partial charge in [-0.15, -0.1) is 0 Å². The molecule has 154 valence electrons. The Morgan fingerprint density at radius 3 is 2.83 bits per heavy atom. The third kappa shape index (κ3) is 4.28. The molecule has 0 spiro atoms. The number of carbonyl (C=O) groups excluding carboxylic acids is 1. The van der Waals surface area contributed by atoms with Crippen LogP contribution in [0.2, 0.25) is 5.02 Å². The summed E-state index contributed by atoms with van der Waals surface area (Å²) >= 11 is 6.37. The van der Waals surface area contributed by atoms with Crippen LogP contribution >= 0.6 is 11.6 Å². The summed E-state index contributed by atoms with van der Waals surface area (Å²) < 4.78 is 31.0. The smallest absolute Gasteiger partial charge is 0.291 e. The number of anilines is 1. The van der Waals surface area contributed by atoms with Crippen LogP contribution < -0.4 is 10.0 Å². The van der Waals surface area contributed by atoms with E-state index < -0.39 is 10.0 Å². The van der Waals surface area contributed by atoms with Gasteiger partial charge in [0.25, 0.3) is 5.91 Å². The molecule has 4 rings (SSSR count). The highest BCUT2D eigenvalue weighted by Gasteiger charge is 2.21. The average Bonchev–Trinajstić information content (AvgIpc) is 3.38. The minimum atomic E-state index is -3.39. The number of furan rings is 1. The van der Waals surface area contributed by atoms with Gasteiger partial charge in [0.1, 0.15) is 0 Å². The van der Waals surface area contributed by atoms with E-state index in [-0.39, 0.29) is 17.4 Å². The van der Waals surface area contributed by atoms with Crippen molar-refractivity contribution in [2.45, 2.75) is 12.2 Å². The number of rotatable bonds is 6. The summed E-state index contributed by atoms with van der Waals surface area (Å²) in [4.78, 5) is 21.0. The van der Waals surface area contributed by atoms with Gasteiger partial charge >= 0.3 is 0 Å². The van der Waals surface area contributed by atoms with Gasteiger partial charge in [0.2, 0.25) is 10.0 Å². The number of fused-ring (bicyclic) bond motifs is 1. The number of nitrogens with one attached hydrogen (secondary N) is 2. The van der Waals surface area contributed by atoms with Crippen molar-refractivity contribution in [3.05, 3.63) is 76.3 Å². The molecule has 0 fully saturated rings. The predicted molar refractivity (Wildman–Crippen MR) is 114 cm³/mol. The van der Waals surface area contributed by atoms with E-state index in [2.05, 4.69) is 20.0 Å². The number of nitrogens with zero attached hydrogens (tertiary/aromatic N) is 2. The zero-order valence-electron chi connectivity index (χ0n) is 15.8. The van der Waals surface area contributed by atoms with E-state index in [4.69, 9.17) is 16.0 Å². The first-order valence-corrected chi connectivity index (χ1v) is 11.0. The number of aromatic nitrogens is 1. The molecule has 1 amide bonds. The molecular weight excluding hydrogens is 428 g/mol. The maximum Gasteiger partial charge on any atom is 0.291 e. The standard InChI is InChI=1S/C20H17ClN4O4S/c1-22-30(27,28)11-12-7-13-8-17(25-19(13)23-10-12)15-9-14(4-5-16(15)21)24-20(26)18-3-2-6-29-18/h2-7,9-10,22H,8,11H2,1H3,(H,24,26). The molecule has 10 heteroatoms. The van der Waals surface area contributed by atoms with Gasteiger partial charge in [-0.2, -0.15) is 0 Å². The number of carbonyl (C=O) groups is 1. The average molecular weight is 445 g/mol. The van der Waals surface area contributed by atoms with Crippen LogP contribution in [-0.2, 0) is 22.2 Å². The molecule has 0 aliphatic carbocycles. The zero-order valence-corrected chi connectivity index (χ0v) is 17.4. The van der Waals surface area contributed by atoms with Gasteiger partial charge in [0.05, 0.1) is 17.7 Å². The van der Waals surface area contributed by atoms with E-state index in [9.17, 15) is 13.2 Å². The molecule has 1 aliphatic heterocycles. The largest absolute Gasteiger partial charge is 0.459 e. The first-order valence-electron chi connectivity index (χ1n) is 8.96. The summed E-state index contributed by atoms with van der Waals surface area (Å²) in [7, 11) is -2.02. The number of hydrogen-bond donors (Lipinski definition) is 2. The lowest BCUT2D eigenvalue weighted by atomic mass is 10.0. The van der Waals surface area contributed by atoms with Crippen LogP contribution in [-0.4, -0.2) is 32.1 Å². The molecule has 8 nitrogen and oxygen atoms in total. The molecule has 1 aliphatic rings. The molecule has 0 bridgehead atoms. The summed E-state index contributed by atoms with van der Waals surface area (Å²) in [6, 6.07) is 10.1. The molecule has 30 heavy (non-hydrogen) atoms. The fourth-order valence-electron chi connectivity index (χ4n) is 3.08. The maximum atomic E-state index is 12.2. The number of hydrogen-bond acceptors (Lipinski definition) is 6. The molecule has 0 saturated heterocycles. The van der Waals surface area contributed by atoms with E-state index in [1.165, 1.54) is 19.5 Å². The Bertz CT molecular complexity index is 1250. The van der Waals surface area contributed by atoms with Crippen molar-refractivity contribution in [3.8, 4) is 0 Å². The third-order valence-corrected chi connectivity index (χ3v) is 6.21. The Kier molecular flexibility index (Phi) is 5.42. The minimum Gasteiger partial charge on any atom is -0.459 e. The Morgan fingerprint density at radius 1 is 1.27 bits per heavy atom. The highest BCUT2D eigenvalue weighted by Crippen LogP contribution is 2.31. The number of halogens is 1. The lowest BCUT2D eigenvalue weighted by molar-refractivity contribution is 0.0996. The Morgan fingerprint density at radius 2 is 2.10 bits per heavy atom. The van der Waals surface area contributed by atoms with Gasteiger partial charge in [-0.05, 0) is 49.0 Å². The van der Waals surface area contributed by atoms with Crippen molar-refractivity contribution in [2.24, 2.45) is 4.99 Å². The second-order valence-electron chi connectivity index (χ2n) is 6.65. The number of amides is 1. The molecule has 0 unspecified atom stereocenters. The molecule has 3 heterocycles. The van der Waals surface area contributed by atoms with E-state index in [1.807, 2.05) is 0 Å². The molecule has 2 aromatic heterocycles. The third-order valence-electron chi connectivity index (χ3n) is 4.55. The minimum absolute atomic E-state index is 0.159. The van der Waals surface area contributed by atoms with Crippen molar-refractivity contribution in [3.63, 3.8) is 0 Å². The monoisotopic (exact) mass is 444 g/mol. The molecule has 0 saturated carbocycles. The molecule has 1 aromatic carbocycles. The molecule has 0 radical (unpaired) electrons. The first kappa shape index (κ1) is 20.3. The van der Waals surface area contributed by atoms with Crippen LogP contribution in [0.25, 0.3) is 0 Å². The highest BCUT2D eigenvalue weighted by atomic mass is 35.5. The summed E-state index contributed by atoms with van der Waals surface area (Å²) in [6.45, 7) is 0. The molecule has 3 aromatic rings. The Balaban J connectivity index is 1.56. The fraction of sp³-hybridized carbons (Fsp3) is 0.150. The van der Waals surface area contributed by atoms with Crippen molar-refractivity contribution in [1.82, 2.24) is 9.71 Å². The van der Waals surface area contributed by atoms with Gasteiger partial charge in [-0.3, -0.25) is 4.79 Å². The van der Waals surface area contributed by atoms with E-state index in [1.54, 1.807) is 36.4 Å². The van der Waals surface area contributed by atoms with E-state index in [0.29, 0.717) is 39.8 Å². The number of aliphatic imine (C=N–C) groups is 1. The number of benzene rings is 1. The van der Waals surface area contributed by atoms with Crippen molar-refractivity contribution >= 4 is 44.7 Å². The van der Waals surface area contributed by atoms with E-state index in [0.717, 1.165) is 5.56 Å². The second kappa shape index (κ2) is 8.02.